The molecule has 0 aliphatic carbocycles. The second-order valence-electron chi connectivity index (χ2n) is 2.66. The summed E-state index contributed by atoms with van der Waals surface area (Å²) in [7, 11) is 0.381. The predicted octanol–water partition coefficient (Wildman–Crippen LogP) is 1.87. The van der Waals surface area contributed by atoms with E-state index in [0.717, 1.165) is 0 Å². The smallest absolute Gasteiger partial charge is 0.173 e. The fraction of sp³-hybridized carbons (Fsp3) is 1.00. The summed E-state index contributed by atoms with van der Waals surface area (Å²) in [6.45, 7) is 8.29. The summed E-state index contributed by atoms with van der Waals surface area (Å²) in [4.78, 5) is 8.76. The molecule has 0 spiro atoms. The minimum Gasteiger partial charge on any atom is -0.353 e. The number of nitrogens with zero attached hydrogens (tertiary/aromatic N) is 1. The maximum Gasteiger partial charge on any atom is 0.173 e. The van der Waals surface area contributed by atoms with E-state index in [4.69, 9.17) is 4.89 Å². The zero-order valence-corrected chi connectivity index (χ0v) is 7.39. The van der Waals surface area contributed by atoms with Crippen molar-refractivity contribution in [1.82, 2.24) is 4.67 Å². The Kier molecular flexibility index (Phi) is 4.37. The Bertz CT molecular complexity index is 67.5. The van der Waals surface area contributed by atoms with Gasteiger partial charge >= 0.3 is 0 Å². The second-order valence-corrected chi connectivity index (χ2v) is 3.30. The molecule has 3 heteroatoms. The van der Waals surface area contributed by atoms with Gasteiger partial charge in [0.15, 0.2) is 8.96 Å². The van der Waals surface area contributed by atoms with E-state index in [2.05, 4.69) is 27.7 Å². The van der Waals surface area contributed by atoms with Gasteiger partial charge in [-0.2, -0.15) is 0 Å². The first-order valence-corrected chi connectivity index (χ1v) is 4.03. The van der Waals surface area contributed by atoms with Crippen LogP contribution >= 0.6 is 8.96 Å². The van der Waals surface area contributed by atoms with Crippen LogP contribution in [0.4, 0.5) is 0 Å². The van der Waals surface area contributed by atoms with E-state index in [9.17, 15) is 0 Å². The van der Waals surface area contributed by atoms with Crippen molar-refractivity contribution in [3.05, 3.63) is 0 Å². The fourth-order valence-corrected chi connectivity index (χ4v) is 1.22. The Hall–Kier alpha value is 0.350. The summed E-state index contributed by atoms with van der Waals surface area (Å²) in [5, 5.41) is 0. The van der Waals surface area contributed by atoms with Gasteiger partial charge in [-0.25, -0.2) is 4.67 Å². The van der Waals surface area contributed by atoms with Crippen molar-refractivity contribution in [2.24, 2.45) is 0 Å². The zero-order valence-electron chi connectivity index (χ0n) is 6.50. The van der Waals surface area contributed by atoms with Crippen LogP contribution in [0.1, 0.15) is 27.7 Å². The van der Waals surface area contributed by atoms with Gasteiger partial charge in [0.05, 0.1) is 0 Å². The molecule has 0 aliphatic rings. The van der Waals surface area contributed by atoms with Crippen LogP contribution in [0, 0.1) is 0 Å². The lowest BCUT2D eigenvalue weighted by atomic mass is 10.3. The zero-order chi connectivity index (χ0) is 7.44. The number of hydrogen-bond acceptors (Lipinski definition) is 2. The Morgan fingerprint density at radius 2 is 1.44 bits per heavy atom. The maximum atomic E-state index is 8.76. The van der Waals surface area contributed by atoms with Crippen molar-refractivity contribution < 1.29 is 4.89 Å². The molecule has 0 fully saturated rings. The van der Waals surface area contributed by atoms with Crippen molar-refractivity contribution >= 4 is 8.96 Å². The van der Waals surface area contributed by atoms with Crippen LogP contribution in [-0.2, 0) is 0 Å². The first kappa shape index (κ1) is 9.35. The number of rotatable bonds is 3. The lowest BCUT2D eigenvalue weighted by Crippen LogP contribution is -2.28. The van der Waals surface area contributed by atoms with Crippen molar-refractivity contribution in [1.29, 1.82) is 0 Å². The highest BCUT2D eigenvalue weighted by molar-refractivity contribution is 7.28. The molecule has 0 saturated heterocycles. The SMILES string of the molecule is CC(C)N([P]O)C(C)C. The summed E-state index contributed by atoms with van der Waals surface area (Å²) >= 11 is 0. The minimum atomic E-state index is 0.381. The van der Waals surface area contributed by atoms with Gasteiger partial charge in [0.2, 0.25) is 0 Å². The quantitative estimate of drug-likeness (QED) is 0.617. The predicted molar refractivity (Wildman–Crippen MR) is 41.2 cm³/mol. The van der Waals surface area contributed by atoms with Gasteiger partial charge in [-0.3, -0.25) is 0 Å². The third-order valence-corrected chi connectivity index (χ3v) is 2.29. The molecule has 0 heterocycles. The molecule has 2 nitrogen and oxygen atoms in total. The summed E-state index contributed by atoms with van der Waals surface area (Å²) in [6, 6.07) is 0.855. The average molecular weight is 148 g/mol. The highest BCUT2D eigenvalue weighted by atomic mass is 31.1. The van der Waals surface area contributed by atoms with Gasteiger partial charge in [0.25, 0.3) is 0 Å². The minimum absolute atomic E-state index is 0.381. The van der Waals surface area contributed by atoms with E-state index in [1.54, 1.807) is 0 Å². The molecule has 1 radical (unpaired) electrons. The molecule has 9 heavy (non-hydrogen) atoms. The van der Waals surface area contributed by atoms with Gasteiger partial charge in [0, 0.05) is 12.1 Å². The largest absolute Gasteiger partial charge is 0.353 e. The molecule has 0 aromatic rings. The molecule has 0 aromatic heterocycles. The van der Waals surface area contributed by atoms with E-state index in [-0.39, 0.29) is 0 Å². The number of hydrogen-bond donors (Lipinski definition) is 1. The van der Waals surface area contributed by atoms with E-state index in [1.807, 2.05) is 4.67 Å². The third-order valence-electron chi connectivity index (χ3n) is 1.16. The second kappa shape index (κ2) is 4.21. The summed E-state index contributed by atoms with van der Waals surface area (Å²) < 4.78 is 1.99. The highest BCUT2D eigenvalue weighted by Crippen LogP contribution is 2.19. The topological polar surface area (TPSA) is 23.5 Å². The Labute approximate surface area is 59.2 Å². The van der Waals surface area contributed by atoms with E-state index in [1.165, 1.54) is 0 Å². The van der Waals surface area contributed by atoms with Crippen molar-refractivity contribution in [3.8, 4) is 0 Å². The molecule has 0 amide bonds. The lowest BCUT2D eigenvalue weighted by Gasteiger charge is -2.25. The fourth-order valence-electron chi connectivity index (χ4n) is 0.803. The van der Waals surface area contributed by atoms with Gasteiger partial charge in [-0.05, 0) is 27.7 Å². The maximum absolute atomic E-state index is 8.76. The van der Waals surface area contributed by atoms with Crippen molar-refractivity contribution in [2.75, 3.05) is 0 Å². The molecular weight excluding hydrogens is 133 g/mol. The monoisotopic (exact) mass is 148 g/mol. The van der Waals surface area contributed by atoms with Crippen molar-refractivity contribution in [2.45, 2.75) is 39.8 Å². The van der Waals surface area contributed by atoms with Crippen LogP contribution in [0.3, 0.4) is 0 Å². The lowest BCUT2D eigenvalue weighted by molar-refractivity contribution is 0.307. The first-order chi connectivity index (χ1) is 4.09. The van der Waals surface area contributed by atoms with Crippen LogP contribution in [0.5, 0.6) is 0 Å². The summed E-state index contributed by atoms with van der Waals surface area (Å²) in [5.41, 5.74) is 0. The Morgan fingerprint density at radius 1 is 1.11 bits per heavy atom. The van der Waals surface area contributed by atoms with E-state index >= 15 is 0 Å². The molecule has 0 aromatic carbocycles. The van der Waals surface area contributed by atoms with Gasteiger partial charge in [0.1, 0.15) is 0 Å². The van der Waals surface area contributed by atoms with Gasteiger partial charge in [-0.1, -0.05) is 0 Å². The molecule has 1 N–H and O–H groups in total. The third kappa shape index (κ3) is 3.14. The molecular formula is C6H15NOP. The molecule has 0 bridgehead atoms. The van der Waals surface area contributed by atoms with Gasteiger partial charge < -0.3 is 4.89 Å². The summed E-state index contributed by atoms with van der Waals surface area (Å²) in [6.07, 6.45) is 0. The van der Waals surface area contributed by atoms with Crippen LogP contribution in [0.2, 0.25) is 0 Å². The van der Waals surface area contributed by atoms with Crippen LogP contribution < -0.4 is 0 Å². The Morgan fingerprint density at radius 3 is 1.44 bits per heavy atom. The van der Waals surface area contributed by atoms with E-state index in [0.29, 0.717) is 21.0 Å². The van der Waals surface area contributed by atoms with Gasteiger partial charge in [-0.15, -0.1) is 0 Å². The summed E-state index contributed by atoms with van der Waals surface area (Å²) in [5.74, 6) is 0. The first-order valence-electron chi connectivity index (χ1n) is 3.23. The van der Waals surface area contributed by atoms with Crippen molar-refractivity contribution in [3.63, 3.8) is 0 Å². The Balaban J connectivity index is 3.68. The van der Waals surface area contributed by atoms with E-state index < -0.39 is 0 Å². The average Bonchev–Trinajstić information content (AvgIpc) is 1.64. The van der Waals surface area contributed by atoms with Crippen LogP contribution in [0.25, 0.3) is 0 Å². The normalized spacial score (nSPS) is 13.3. The molecule has 0 saturated carbocycles. The highest BCUT2D eigenvalue weighted by Gasteiger charge is 2.11. The molecule has 55 valence electrons. The van der Waals surface area contributed by atoms with Crippen LogP contribution in [-0.4, -0.2) is 21.6 Å². The standard InChI is InChI=1S/C6H15NOP/c1-5(2)7(9-8)6(3)4/h5-6,8H,1-4H3. The molecule has 0 rings (SSSR count). The van der Waals surface area contributed by atoms with Crippen LogP contribution in [0.15, 0.2) is 0 Å². The molecule has 0 atom stereocenters. The molecule has 0 aliphatic heterocycles. The molecule has 0 unspecified atom stereocenters.